The van der Waals surface area contributed by atoms with Crippen molar-refractivity contribution in [2.24, 2.45) is 0 Å². The lowest BCUT2D eigenvalue weighted by Gasteiger charge is -2.24. The lowest BCUT2D eigenvalue weighted by atomic mass is 9.84. The fourth-order valence-electron chi connectivity index (χ4n) is 2.06. The van der Waals surface area contributed by atoms with E-state index in [4.69, 9.17) is 0 Å². The zero-order valence-electron chi connectivity index (χ0n) is 9.58. The predicted molar refractivity (Wildman–Crippen MR) is 65.6 cm³/mol. The van der Waals surface area contributed by atoms with Gasteiger partial charge in [-0.2, -0.15) is 0 Å². The second kappa shape index (κ2) is 3.84. The fraction of sp³-hybridized carbons (Fsp3) is 0.538. The monoisotopic (exact) mass is 222 g/mol. The summed E-state index contributed by atoms with van der Waals surface area (Å²) in [7, 11) is 0. The average Bonchev–Trinajstić information content (AvgIpc) is 2.57. The van der Waals surface area contributed by atoms with Gasteiger partial charge in [0.05, 0.1) is 6.61 Å². The lowest BCUT2D eigenvalue weighted by Crippen LogP contribution is -2.22. The molecule has 0 saturated carbocycles. The first-order valence-electron chi connectivity index (χ1n) is 5.44. The normalized spacial score (nSPS) is 20.4. The largest absolute Gasteiger partial charge is 0.395 e. The summed E-state index contributed by atoms with van der Waals surface area (Å²) in [6.45, 7) is 6.68. The summed E-state index contributed by atoms with van der Waals surface area (Å²) in [6.07, 6.45) is 1.16. The number of rotatable bonds is 2. The zero-order chi connectivity index (χ0) is 11.1. The number of aliphatic hydroxyl groups excluding tert-OH is 1. The van der Waals surface area contributed by atoms with Crippen molar-refractivity contribution in [1.82, 2.24) is 0 Å². The van der Waals surface area contributed by atoms with Crippen LogP contribution in [0.5, 0.6) is 0 Å². The van der Waals surface area contributed by atoms with E-state index in [0.29, 0.717) is 5.25 Å². The van der Waals surface area contributed by atoms with Crippen LogP contribution >= 0.6 is 11.8 Å². The Bertz CT molecular complexity index is 371. The van der Waals surface area contributed by atoms with Crippen molar-refractivity contribution in [3.8, 4) is 0 Å². The first-order chi connectivity index (χ1) is 7.04. The highest BCUT2D eigenvalue weighted by molar-refractivity contribution is 8.00. The molecule has 1 aromatic rings. The minimum atomic E-state index is -0.123. The summed E-state index contributed by atoms with van der Waals surface area (Å²) in [6, 6.07) is 6.48. The molecule has 1 N–H and O–H groups in total. The highest BCUT2D eigenvalue weighted by Crippen LogP contribution is 2.42. The molecule has 15 heavy (non-hydrogen) atoms. The van der Waals surface area contributed by atoms with Crippen LogP contribution in [0.2, 0.25) is 0 Å². The van der Waals surface area contributed by atoms with Crippen LogP contribution < -0.4 is 0 Å². The second-order valence-corrected chi connectivity index (χ2v) is 6.42. The zero-order valence-corrected chi connectivity index (χ0v) is 10.4. The molecule has 0 aliphatic carbocycles. The molecule has 0 amide bonds. The number of hydrogen-bond donors (Lipinski definition) is 1. The van der Waals surface area contributed by atoms with E-state index in [1.165, 1.54) is 16.0 Å². The Hall–Kier alpha value is -0.470. The average molecular weight is 222 g/mol. The standard InChI is InChI=1S/C13H18OS/c1-9-7-10-5-4-6-11(12(10)15-9)13(2,3)8-14/h4-6,9,14H,7-8H2,1-3H3. The molecule has 0 radical (unpaired) electrons. The first kappa shape index (κ1) is 11.0. The Morgan fingerprint density at radius 2 is 2.20 bits per heavy atom. The molecule has 82 valence electrons. The van der Waals surface area contributed by atoms with Crippen LogP contribution in [0.4, 0.5) is 0 Å². The van der Waals surface area contributed by atoms with Crippen molar-refractivity contribution in [3.05, 3.63) is 29.3 Å². The van der Waals surface area contributed by atoms with Gasteiger partial charge in [0, 0.05) is 15.6 Å². The van der Waals surface area contributed by atoms with Crippen LogP contribution in [0.15, 0.2) is 23.1 Å². The summed E-state index contributed by atoms with van der Waals surface area (Å²) in [5, 5.41) is 10.1. The van der Waals surface area contributed by atoms with Gasteiger partial charge in [-0.15, -0.1) is 11.8 Å². The second-order valence-electron chi connectivity index (χ2n) is 4.97. The quantitative estimate of drug-likeness (QED) is 0.830. The van der Waals surface area contributed by atoms with Gasteiger partial charge in [-0.25, -0.2) is 0 Å². The van der Waals surface area contributed by atoms with Crippen LogP contribution in [0.1, 0.15) is 31.9 Å². The SMILES string of the molecule is CC1Cc2cccc(C(C)(C)CO)c2S1. The number of benzene rings is 1. The Morgan fingerprint density at radius 3 is 2.87 bits per heavy atom. The van der Waals surface area contributed by atoms with E-state index >= 15 is 0 Å². The third kappa shape index (κ3) is 1.93. The van der Waals surface area contributed by atoms with E-state index in [-0.39, 0.29) is 12.0 Å². The Kier molecular flexibility index (Phi) is 2.82. The molecular weight excluding hydrogens is 204 g/mol. The van der Waals surface area contributed by atoms with Crippen LogP contribution in [0, 0.1) is 0 Å². The van der Waals surface area contributed by atoms with Gasteiger partial charge in [0.2, 0.25) is 0 Å². The molecule has 1 aliphatic rings. The molecule has 0 spiro atoms. The Balaban J connectivity index is 2.47. The molecule has 1 unspecified atom stereocenters. The van der Waals surface area contributed by atoms with Crippen LogP contribution in [0.25, 0.3) is 0 Å². The Labute approximate surface area is 95.9 Å². The number of hydrogen-bond acceptors (Lipinski definition) is 2. The van der Waals surface area contributed by atoms with E-state index in [0.717, 1.165) is 6.42 Å². The summed E-state index contributed by atoms with van der Waals surface area (Å²) in [5.41, 5.74) is 2.63. The summed E-state index contributed by atoms with van der Waals surface area (Å²) >= 11 is 1.95. The van der Waals surface area contributed by atoms with E-state index in [2.05, 4.69) is 39.0 Å². The molecule has 1 atom stereocenters. The van der Waals surface area contributed by atoms with Gasteiger partial charge in [-0.1, -0.05) is 39.0 Å². The lowest BCUT2D eigenvalue weighted by molar-refractivity contribution is 0.216. The third-order valence-electron chi connectivity index (χ3n) is 3.05. The molecule has 2 rings (SSSR count). The van der Waals surface area contributed by atoms with Crippen LogP contribution in [-0.2, 0) is 11.8 Å². The highest BCUT2D eigenvalue weighted by Gasteiger charge is 2.28. The van der Waals surface area contributed by atoms with E-state index in [9.17, 15) is 5.11 Å². The van der Waals surface area contributed by atoms with Gasteiger partial charge < -0.3 is 5.11 Å². The number of aliphatic hydroxyl groups is 1. The molecule has 1 aliphatic heterocycles. The van der Waals surface area contributed by atoms with Crippen LogP contribution in [0.3, 0.4) is 0 Å². The molecule has 0 saturated heterocycles. The molecule has 1 nitrogen and oxygen atoms in total. The van der Waals surface area contributed by atoms with Crippen molar-refractivity contribution < 1.29 is 5.11 Å². The summed E-state index contributed by atoms with van der Waals surface area (Å²) in [4.78, 5) is 1.41. The summed E-state index contributed by atoms with van der Waals surface area (Å²) < 4.78 is 0. The first-order valence-corrected chi connectivity index (χ1v) is 6.32. The van der Waals surface area contributed by atoms with E-state index < -0.39 is 0 Å². The fourth-order valence-corrected chi connectivity index (χ4v) is 3.49. The highest BCUT2D eigenvalue weighted by atomic mass is 32.2. The maximum absolute atomic E-state index is 9.44. The van der Waals surface area contributed by atoms with Gasteiger partial charge in [0.1, 0.15) is 0 Å². The van der Waals surface area contributed by atoms with Gasteiger partial charge in [0.25, 0.3) is 0 Å². The van der Waals surface area contributed by atoms with Gasteiger partial charge in [-0.05, 0) is 17.5 Å². The minimum absolute atomic E-state index is 0.123. The molecule has 0 fully saturated rings. The van der Waals surface area contributed by atoms with Crippen molar-refractivity contribution >= 4 is 11.8 Å². The van der Waals surface area contributed by atoms with Crippen molar-refractivity contribution in [3.63, 3.8) is 0 Å². The van der Waals surface area contributed by atoms with Gasteiger partial charge in [-0.3, -0.25) is 0 Å². The van der Waals surface area contributed by atoms with Crippen LogP contribution in [-0.4, -0.2) is 17.0 Å². The van der Waals surface area contributed by atoms with Gasteiger partial charge in [0.15, 0.2) is 0 Å². The van der Waals surface area contributed by atoms with E-state index in [1.54, 1.807) is 0 Å². The molecule has 1 aromatic carbocycles. The van der Waals surface area contributed by atoms with E-state index in [1.807, 2.05) is 11.8 Å². The van der Waals surface area contributed by atoms with Crippen molar-refractivity contribution in [2.75, 3.05) is 6.61 Å². The molecule has 2 heteroatoms. The Morgan fingerprint density at radius 1 is 1.47 bits per heavy atom. The van der Waals surface area contributed by atoms with Crippen molar-refractivity contribution in [2.45, 2.75) is 42.8 Å². The third-order valence-corrected chi connectivity index (χ3v) is 4.33. The molecular formula is C13H18OS. The van der Waals surface area contributed by atoms with Gasteiger partial charge >= 0.3 is 0 Å². The maximum Gasteiger partial charge on any atom is 0.0523 e. The molecule has 0 aromatic heterocycles. The minimum Gasteiger partial charge on any atom is -0.395 e. The summed E-state index contributed by atoms with van der Waals surface area (Å²) in [5.74, 6) is 0. The number of thioether (sulfide) groups is 1. The topological polar surface area (TPSA) is 20.2 Å². The maximum atomic E-state index is 9.44. The van der Waals surface area contributed by atoms with Crippen molar-refractivity contribution in [1.29, 1.82) is 0 Å². The number of fused-ring (bicyclic) bond motifs is 1. The predicted octanol–water partition coefficient (Wildman–Crippen LogP) is 2.99. The molecule has 0 bridgehead atoms. The molecule has 1 heterocycles. The smallest absolute Gasteiger partial charge is 0.0523 e.